The number of rotatable bonds is 2. The summed E-state index contributed by atoms with van der Waals surface area (Å²) in [6.45, 7) is 2.04. The van der Waals surface area contributed by atoms with Gasteiger partial charge in [-0.1, -0.05) is 17.7 Å². The molecule has 0 aliphatic heterocycles. The normalized spacial score (nSPS) is 10.1. The van der Waals surface area contributed by atoms with Crippen molar-refractivity contribution in [2.45, 2.75) is 6.92 Å². The van der Waals surface area contributed by atoms with E-state index in [4.69, 9.17) is 5.73 Å². The molecule has 1 heterocycles. The number of aryl methyl sites for hydroxylation is 1. The molecule has 0 amide bonds. The molecule has 0 radical (unpaired) electrons. The van der Waals surface area contributed by atoms with Gasteiger partial charge in [0.2, 0.25) is 0 Å². The molecule has 2 rings (SSSR count). The van der Waals surface area contributed by atoms with Gasteiger partial charge in [0.1, 0.15) is 22.4 Å². The molecule has 1 aromatic carbocycles. The van der Waals surface area contributed by atoms with Gasteiger partial charge in [-0.25, -0.2) is 9.97 Å². The summed E-state index contributed by atoms with van der Waals surface area (Å²) in [6, 6.07) is 8.03. The van der Waals surface area contributed by atoms with E-state index in [9.17, 15) is 0 Å². The largest absolute Gasteiger partial charge is 0.383 e. The Labute approximate surface area is 102 Å². The molecule has 0 aliphatic rings. The van der Waals surface area contributed by atoms with Crippen LogP contribution in [-0.2, 0) is 0 Å². The lowest BCUT2D eigenvalue weighted by Gasteiger charge is -2.08. The third-order valence-electron chi connectivity index (χ3n) is 2.13. The SMILES string of the molecule is Cc1ccc(Nc2ncnc(N)c2Br)cc1. The molecule has 0 bridgehead atoms. The fraction of sp³-hybridized carbons (Fsp3) is 0.0909. The van der Waals surface area contributed by atoms with Crippen LogP contribution in [0.15, 0.2) is 35.1 Å². The van der Waals surface area contributed by atoms with E-state index in [1.54, 1.807) is 0 Å². The summed E-state index contributed by atoms with van der Waals surface area (Å²) in [4.78, 5) is 7.98. The average Bonchev–Trinajstić information content (AvgIpc) is 2.28. The molecule has 3 N–H and O–H groups in total. The van der Waals surface area contributed by atoms with Crippen LogP contribution in [0.3, 0.4) is 0 Å². The maximum absolute atomic E-state index is 5.66. The van der Waals surface area contributed by atoms with Crippen molar-refractivity contribution in [2.24, 2.45) is 0 Å². The summed E-state index contributed by atoms with van der Waals surface area (Å²) in [6.07, 6.45) is 1.43. The van der Waals surface area contributed by atoms with Gasteiger partial charge in [-0.05, 0) is 35.0 Å². The predicted molar refractivity (Wildman–Crippen MR) is 68.6 cm³/mol. The van der Waals surface area contributed by atoms with Crippen molar-refractivity contribution in [2.75, 3.05) is 11.1 Å². The second kappa shape index (κ2) is 4.49. The van der Waals surface area contributed by atoms with E-state index in [-0.39, 0.29) is 0 Å². The zero-order chi connectivity index (χ0) is 11.5. The Morgan fingerprint density at radius 2 is 1.88 bits per heavy atom. The van der Waals surface area contributed by atoms with Crippen molar-refractivity contribution in [1.29, 1.82) is 0 Å². The van der Waals surface area contributed by atoms with Gasteiger partial charge in [-0.15, -0.1) is 0 Å². The second-order valence-corrected chi connectivity index (χ2v) is 4.21. The smallest absolute Gasteiger partial charge is 0.150 e. The van der Waals surface area contributed by atoms with E-state index in [1.807, 2.05) is 31.2 Å². The van der Waals surface area contributed by atoms with Gasteiger partial charge in [0.15, 0.2) is 0 Å². The maximum Gasteiger partial charge on any atom is 0.150 e. The summed E-state index contributed by atoms with van der Waals surface area (Å²) in [5.41, 5.74) is 7.84. The lowest BCUT2D eigenvalue weighted by molar-refractivity contribution is 1.16. The summed E-state index contributed by atoms with van der Waals surface area (Å²) in [7, 11) is 0. The molecule has 0 unspecified atom stereocenters. The van der Waals surface area contributed by atoms with Crippen molar-refractivity contribution >= 4 is 33.3 Å². The molecule has 0 aliphatic carbocycles. The van der Waals surface area contributed by atoms with Crippen molar-refractivity contribution in [3.05, 3.63) is 40.6 Å². The average molecular weight is 279 g/mol. The van der Waals surface area contributed by atoms with Crippen molar-refractivity contribution in [3.8, 4) is 0 Å². The quantitative estimate of drug-likeness (QED) is 0.887. The van der Waals surface area contributed by atoms with Crippen molar-refractivity contribution < 1.29 is 0 Å². The summed E-state index contributed by atoms with van der Waals surface area (Å²) in [5, 5.41) is 3.16. The van der Waals surface area contributed by atoms with Crippen LogP contribution < -0.4 is 11.1 Å². The lowest BCUT2D eigenvalue weighted by atomic mass is 10.2. The summed E-state index contributed by atoms with van der Waals surface area (Å²) < 4.78 is 0.676. The van der Waals surface area contributed by atoms with E-state index in [2.05, 4.69) is 31.2 Å². The van der Waals surface area contributed by atoms with Crippen molar-refractivity contribution in [1.82, 2.24) is 9.97 Å². The number of hydrogen-bond donors (Lipinski definition) is 2. The summed E-state index contributed by atoms with van der Waals surface area (Å²) >= 11 is 3.34. The molecule has 1 aromatic heterocycles. The molecular formula is C11H11BrN4. The number of hydrogen-bond acceptors (Lipinski definition) is 4. The van der Waals surface area contributed by atoms with Crippen LogP contribution in [0.5, 0.6) is 0 Å². The standard InChI is InChI=1S/C11H11BrN4/c1-7-2-4-8(5-3-7)16-11-9(12)10(13)14-6-15-11/h2-6H,1H3,(H3,13,14,15,16). The van der Waals surface area contributed by atoms with E-state index >= 15 is 0 Å². The van der Waals surface area contributed by atoms with Gasteiger partial charge in [0.25, 0.3) is 0 Å². The van der Waals surface area contributed by atoms with Gasteiger partial charge >= 0.3 is 0 Å². The zero-order valence-corrected chi connectivity index (χ0v) is 10.3. The number of benzene rings is 1. The molecule has 2 aromatic rings. The Kier molecular flexibility index (Phi) is 3.05. The first kappa shape index (κ1) is 10.9. The number of halogens is 1. The van der Waals surface area contributed by atoms with Crippen LogP contribution >= 0.6 is 15.9 Å². The molecule has 0 saturated heterocycles. The van der Waals surface area contributed by atoms with Gasteiger partial charge in [-0.2, -0.15) is 0 Å². The lowest BCUT2D eigenvalue weighted by Crippen LogP contribution is -1.99. The number of aromatic nitrogens is 2. The highest BCUT2D eigenvalue weighted by molar-refractivity contribution is 9.10. The van der Waals surface area contributed by atoms with E-state index in [1.165, 1.54) is 11.9 Å². The molecule has 4 nitrogen and oxygen atoms in total. The number of anilines is 3. The first-order valence-corrected chi connectivity index (χ1v) is 5.56. The minimum absolute atomic E-state index is 0.421. The molecule has 0 spiro atoms. The van der Waals surface area contributed by atoms with E-state index in [0.29, 0.717) is 16.1 Å². The first-order valence-electron chi connectivity index (χ1n) is 4.76. The predicted octanol–water partition coefficient (Wildman–Crippen LogP) is 2.87. The molecule has 0 atom stereocenters. The number of nitrogens with zero attached hydrogens (tertiary/aromatic N) is 2. The minimum atomic E-state index is 0.421. The fourth-order valence-corrected chi connectivity index (χ4v) is 1.55. The molecule has 16 heavy (non-hydrogen) atoms. The molecule has 0 saturated carbocycles. The highest BCUT2D eigenvalue weighted by Crippen LogP contribution is 2.26. The van der Waals surface area contributed by atoms with Gasteiger partial charge < -0.3 is 11.1 Å². The fourth-order valence-electron chi connectivity index (χ4n) is 1.24. The van der Waals surface area contributed by atoms with Crippen LogP contribution in [0.2, 0.25) is 0 Å². The Hall–Kier alpha value is -1.62. The van der Waals surface area contributed by atoms with Crippen LogP contribution in [0.1, 0.15) is 5.56 Å². The third-order valence-corrected chi connectivity index (χ3v) is 2.91. The van der Waals surface area contributed by atoms with Crippen LogP contribution in [0.25, 0.3) is 0 Å². The van der Waals surface area contributed by atoms with E-state index < -0.39 is 0 Å². The first-order chi connectivity index (χ1) is 7.66. The minimum Gasteiger partial charge on any atom is -0.383 e. The van der Waals surface area contributed by atoms with Gasteiger partial charge in [0.05, 0.1) is 0 Å². The molecule has 82 valence electrons. The molecular weight excluding hydrogens is 268 g/mol. The van der Waals surface area contributed by atoms with Crippen LogP contribution in [0.4, 0.5) is 17.3 Å². The van der Waals surface area contributed by atoms with Gasteiger partial charge in [0, 0.05) is 5.69 Å². The Balaban J connectivity index is 2.27. The van der Waals surface area contributed by atoms with Crippen LogP contribution in [-0.4, -0.2) is 9.97 Å². The second-order valence-electron chi connectivity index (χ2n) is 3.41. The molecule has 5 heteroatoms. The Bertz CT molecular complexity index is 496. The third kappa shape index (κ3) is 2.30. The molecule has 0 fully saturated rings. The highest BCUT2D eigenvalue weighted by Gasteiger charge is 2.05. The number of nitrogens with one attached hydrogen (secondary N) is 1. The van der Waals surface area contributed by atoms with E-state index in [0.717, 1.165) is 5.69 Å². The zero-order valence-electron chi connectivity index (χ0n) is 8.74. The van der Waals surface area contributed by atoms with Crippen LogP contribution in [0, 0.1) is 6.92 Å². The van der Waals surface area contributed by atoms with Gasteiger partial charge in [-0.3, -0.25) is 0 Å². The highest BCUT2D eigenvalue weighted by atomic mass is 79.9. The Morgan fingerprint density at radius 1 is 1.19 bits per heavy atom. The topological polar surface area (TPSA) is 63.8 Å². The summed E-state index contributed by atoms with van der Waals surface area (Å²) in [5.74, 6) is 1.08. The Morgan fingerprint density at radius 3 is 2.56 bits per heavy atom. The monoisotopic (exact) mass is 278 g/mol. The maximum atomic E-state index is 5.66. The van der Waals surface area contributed by atoms with Crippen molar-refractivity contribution in [3.63, 3.8) is 0 Å². The number of nitrogens with two attached hydrogens (primary N) is 1. The number of nitrogen functional groups attached to an aromatic ring is 1.